The minimum Gasteiger partial charge on any atom is -0.378 e. The fraction of sp³-hybridized carbons (Fsp3) is 0.300. The normalized spacial score (nSPS) is 15.3. The van der Waals surface area contributed by atoms with Gasteiger partial charge in [0, 0.05) is 23.7 Å². The van der Waals surface area contributed by atoms with Crippen LogP contribution >= 0.6 is 11.6 Å². The maximum absolute atomic E-state index is 12.7. The van der Waals surface area contributed by atoms with Crippen LogP contribution in [0.5, 0.6) is 0 Å². The highest BCUT2D eigenvalue weighted by atomic mass is 35.5. The van der Waals surface area contributed by atoms with E-state index >= 15 is 0 Å². The van der Waals surface area contributed by atoms with Crippen molar-refractivity contribution in [2.24, 2.45) is 0 Å². The molecule has 2 amide bonds. The van der Waals surface area contributed by atoms with Gasteiger partial charge in [-0.1, -0.05) is 41.9 Å². The molecule has 5 nitrogen and oxygen atoms in total. The van der Waals surface area contributed by atoms with Gasteiger partial charge in [-0.25, -0.2) is 0 Å². The Bertz CT molecular complexity index is 761. The molecule has 1 atom stereocenters. The topological polar surface area (TPSA) is 58.6 Å². The highest BCUT2D eigenvalue weighted by Gasteiger charge is 2.24. The lowest BCUT2D eigenvalue weighted by molar-refractivity contribution is -0.135. The predicted octanol–water partition coefficient (Wildman–Crippen LogP) is 3.06. The summed E-state index contributed by atoms with van der Waals surface area (Å²) in [5, 5.41) is 3.54. The van der Waals surface area contributed by atoms with Crippen molar-refractivity contribution in [3.63, 3.8) is 0 Å². The average Bonchev–Trinajstić information content (AvgIpc) is 2.68. The Balaban J connectivity index is 1.77. The zero-order valence-electron chi connectivity index (χ0n) is 14.4. The lowest BCUT2D eigenvalue weighted by Crippen LogP contribution is -2.42. The summed E-state index contributed by atoms with van der Waals surface area (Å²) in [4.78, 5) is 27.0. The van der Waals surface area contributed by atoms with Crippen molar-refractivity contribution in [2.75, 3.05) is 26.3 Å². The second kappa shape index (κ2) is 8.83. The molecule has 1 aliphatic rings. The van der Waals surface area contributed by atoms with Gasteiger partial charge in [0.05, 0.1) is 25.7 Å². The first-order chi connectivity index (χ1) is 12.6. The van der Waals surface area contributed by atoms with E-state index in [1.165, 1.54) is 0 Å². The number of morpholine rings is 1. The lowest BCUT2D eigenvalue weighted by Gasteiger charge is -2.29. The number of ether oxygens (including phenoxy) is 1. The Morgan fingerprint density at radius 2 is 1.81 bits per heavy atom. The molecule has 3 rings (SSSR count). The van der Waals surface area contributed by atoms with Gasteiger partial charge < -0.3 is 15.0 Å². The average molecular weight is 373 g/mol. The maximum atomic E-state index is 12.7. The summed E-state index contributed by atoms with van der Waals surface area (Å²) in [6.07, 6.45) is 0.179. The SMILES string of the molecule is O=C(N[C@@H](CC(=O)N1CCOCC1)c1cccc(Cl)c1)c1ccccc1. The third kappa shape index (κ3) is 4.84. The summed E-state index contributed by atoms with van der Waals surface area (Å²) in [6.45, 7) is 2.25. The van der Waals surface area contributed by atoms with Crippen molar-refractivity contribution in [3.8, 4) is 0 Å². The van der Waals surface area contributed by atoms with Crippen molar-refractivity contribution in [1.82, 2.24) is 10.2 Å². The molecule has 1 fully saturated rings. The van der Waals surface area contributed by atoms with Gasteiger partial charge in [0.15, 0.2) is 0 Å². The number of carbonyl (C=O) groups excluding carboxylic acids is 2. The molecule has 2 aromatic rings. The van der Waals surface area contributed by atoms with E-state index in [4.69, 9.17) is 16.3 Å². The summed E-state index contributed by atoms with van der Waals surface area (Å²) in [5.74, 6) is -0.225. The van der Waals surface area contributed by atoms with Crippen LogP contribution < -0.4 is 5.32 Å². The van der Waals surface area contributed by atoms with Gasteiger partial charge in [-0.3, -0.25) is 9.59 Å². The van der Waals surface area contributed by atoms with Crippen molar-refractivity contribution in [1.29, 1.82) is 0 Å². The smallest absolute Gasteiger partial charge is 0.251 e. The number of hydrogen-bond acceptors (Lipinski definition) is 3. The third-order valence-corrected chi connectivity index (χ3v) is 4.57. The zero-order valence-corrected chi connectivity index (χ0v) is 15.1. The van der Waals surface area contributed by atoms with Crippen LogP contribution in [0.2, 0.25) is 5.02 Å². The molecule has 0 saturated carbocycles. The lowest BCUT2D eigenvalue weighted by atomic mass is 10.0. The van der Waals surface area contributed by atoms with Gasteiger partial charge in [-0.05, 0) is 29.8 Å². The Kier molecular flexibility index (Phi) is 6.26. The van der Waals surface area contributed by atoms with E-state index in [1.54, 1.807) is 29.2 Å². The number of halogens is 1. The second-order valence-electron chi connectivity index (χ2n) is 6.14. The van der Waals surface area contributed by atoms with E-state index in [0.717, 1.165) is 5.56 Å². The van der Waals surface area contributed by atoms with E-state index in [9.17, 15) is 9.59 Å². The summed E-state index contributed by atoms with van der Waals surface area (Å²) < 4.78 is 5.30. The monoisotopic (exact) mass is 372 g/mol. The Hall–Kier alpha value is -2.37. The van der Waals surface area contributed by atoms with Crippen LogP contribution in [0, 0.1) is 0 Å². The molecule has 1 aliphatic heterocycles. The molecule has 0 aromatic heterocycles. The van der Waals surface area contributed by atoms with E-state index in [2.05, 4.69) is 5.32 Å². The number of hydrogen-bond donors (Lipinski definition) is 1. The summed E-state index contributed by atoms with van der Waals surface area (Å²) in [6, 6.07) is 15.7. The fourth-order valence-corrected chi connectivity index (χ4v) is 3.12. The molecule has 136 valence electrons. The Morgan fingerprint density at radius 1 is 1.08 bits per heavy atom. The van der Waals surface area contributed by atoms with Gasteiger partial charge in [0.25, 0.3) is 5.91 Å². The molecule has 0 spiro atoms. The maximum Gasteiger partial charge on any atom is 0.251 e. The number of carbonyl (C=O) groups is 2. The van der Waals surface area contributed by atoms with Gasteiger partial charge in [0.1, 0.15) is 0 Å². The fourth-order valence-electron chi connectivity index (χ4n) is 2.92. The van der Waals surface area contributed by atoms with Crippen molar-refractivity contribution in [3.05, 3.63) is 70.7 Å². The van der Waals surface area contributed by atoms with E-state index in [0.29, 0.717) is 36.9 Å². The zero-order chi connectivity index (χ0) is 18.4. The number of amides is 2. The van der Waals surface area contributed by atoms with E-state index in [-0.39, 0.29) is 18.2 Å². The van der Waals surface area contributed by atoms with Gasteiger partial charge in [0.2, 0.25) is 5.91 Å². The molecular formula is C20H21ClN2O3. The highest BCUT2D eigenvalue weighted by molar-refractivity contribution is 6.30. The van der Waals surface area contributed by atoms with Gasteiger partial charge >= 0.3 is 0 Å². The molecule has 0 radical (unpaired) electrons. The standard InChI is InChI=1S/C20H21ClN2O3/c21-17-8-4-7-16(13-17)18(14-19(24)23-9-11-26-12-10-23)22-20(25)15-5-2-1-3-6-15/h1-8,13,18H,9-12,14H2,(H,22,25)/t18-/m0/s1. The summed E-state index contributed by atoms with van der Waals surface area (Å²) >= 11 is 6.10. The number of nitrogens with one attached hydrogen (secondary N) is 1. The molecule has 1 N–H and O–H groups in total. The predicted molar refractivity (Wildman–Crippen MR) is 100 cm³/mol. The number of benzene rings is 2. The Labute approximate surface area is 157 Å². The second-order valence-corrected chi connectivity index (χ2v) is 6.58. The van der Waals surface area contributed by atoms with Crippen LogP contribution in [0.25, 0.3) is 0 Å². The highest BCUT2D eigenvalue weighted by Crippen LogP contribution is 2.22. The quantitative estimate of drug-likeness (QED) is 0.877. The molecule has 1 heterocycles. The minimum absolute atomic E-state index is 0.00774. The number of nitrogens with zero attached hydrogens (tertiary/aromatic N) is 1. The molecule has 2 aromatic carbocycles. The molecule has 1 saturated heterocycles. The van der Waals surface area contributed by atoms with Crippen LogP contribution in [0.3, 0.4) is 0 Å². The molecular weight excluding hydrogens is 352 g/mol. The molecule has 0 bridgehead atoms. The van der Waals surface area contributed by atoms with Crippen LogP contribution in [-0.4, -0.2) is 43.0 Å². The first-order valence-electron chi connectivity index (χ1n) is 8.60. The molecule has 0 aliphatic carbocycles. The Morgan fingerprint density at radius 3 is 2.50 bits per heavy atom. The minimum atomic E-state index is -0.447. The van der Waals surface area contributed by atoms with Crippen LogP contribution in [0.1, 0.15) is 28.4 Å². The number of rotatable bonds is 5. The molecule has 0 unspecified atom stereocenters. The van der Waals surface area contributed by atoms with E-state index < -0.39 is 6.04 Å². The van der Waals surface area contributed by atoms with Crippen molar-refractivity contribution in [2.45, 2.75) is 12.5 Å². The first kappa shape index (κ1) is 18.4. The van der Waals surface area contributed by atoms with Gasteiger partial charge in [-0.2, -0.15) is 0 Å². The summed E-state index contributed by atoms with van der Waals surface area (Å²) in [7, 11) is 0. The van der Waals surface area contributed by atoms with Crippen LogP contribution in [0.15, 0.2) is 54.6 Å². The van der Waals surface area contributed by atoms with Crippen LogP contribution in [-0.2, 0) is 9.53 Å². The first-order valence-corrected chi connectivity index (χ1v) is 8.98. The van der Waals surface area contributed by atoms with Crippen LogP contribution in [0.4, 0.5) is 0 Å². The largest absolute Gasteiger partial charge is 0.378 e. The van der Waals surface area contributed by atoms with Crippen molar-refractivity contribution < 1.29 is 14.3 Å². The van der Waals surface area contributed by atoms with Gasteiger partial charge in [-0.15, -0.1) is 0 Å². The molecule has 26 heavy (non-hydrogen) atoms. The van der Waals surface area contributed by atoms with E-state index in [1.807, 2.05) is 30.3 Å². The van der Waals surface area contributed by atoms with Crippen molar-refractivity contribution >= 4 is 23.4 Å². The third-order valence-electron chi connectivity index (χ3n) is 4.33. The molecule has 6 heteroatoms. The summed E-state index contributed by atoms with van der Waals surface area (Å²) in [5.41, 5.74) is 1.36.